The van der Waals surface area contributed by atoms with Gasteiger partial charge in [-0.25, -0.2) is 0 Å². The first-order valence-electron chi connectivity index (χ1n) is 3.70. The third-order valence-electron chi connectivity index (χ3n) is 2.15. The number of methoxy groups -OCH3 is 1. The number of hydrogen-bond donors (Lipinski definition) is 2. The maximum absolute atomic E-state index is 8.98. The monoisotopic (exact) mass is 181 g/mol. The SMILES string of the molecule is COC1(CO)CCCNC1.Cl. The van der Waals surface area contributed by atoms with Gasteiger partial charge in [0.2, 0.25) is 0 Å². The smallest absolute Gasteiger partial charge is 0.103 e. The molecule has 0 radical (unpaired) electrons. The lowest BCUT2D eigenvalue weighted by atomic mass is 9.95. The molecule has 68 valence electrons. The Labute approximate surface area is 73.5 Å². The van der Waals surface area contributed by atoms with E-state index in [1.807, 2.05) is 0 Å². The van der Waals surface area contributed by atoms with Gasteiger partial charge in [-0.2, -0.15) is 0 Å². The van der Waals surface area contributed by atoms with E-state index in [0.717, 1.165) is 25.9 Å². The first-order chi connectivity index (χ1) is 4.83. The first kappa shape index (κ1) is 11.2. The quantitative estimate of drug-likeness (QED) is 0.638. The standard InChI is InChI=1S/C7H15NO2.ClH/c1-10-7(6-9)3-2-4-8-5-7;/h8-9H,2-6H2,1H3;1H. The van der Waals surface area contributed by atoms with Gasteiger partial charge in [0.1, 0.15) is 5.60 Å². The van der Waals surface area contributed by atoms with Gasteiger partial charge in [-0.05, 0) is 19.4 Å². The zero-order chi connectivity index (χ0) is 7.45. The second-order valence-corrected chi connectivity index (χ2v) is 2.83. The number of piperidine rings is 1. The van der Waals surface area contributed by atoms with Crippen molar-refractivity contribution in [3.05, 3.63) is 0 Å². The Morgan fingerprint density at radius 3 is 2.64 bits per heavy atom. The van der Waals surface area contributed by atoms with E-state index in [4.69, 9.17) is 9.84 Å². The Morgan fingerprint density at radius 2 is 2.36 bits per heavy atom. The van der Waals surface area contributed by atoms with Crippen LogP contribution in [0.15, 0.2) is 0 Å². The summed E-state index contributed by atoms with van der Waals surface area (Å²) in [5, 5.41) is 12.2. The van der Waals surface area contributed by atoms with Crippen molar-refractivity contribution in [1.29, 1.82) is 0 Å². The molecule has 4 heteroatoms. The predicted octanol–water partition coefficient (Wildman–Crippen LogP) is 0.169. The van der Waals surface area contributed by atoms with E-state index in [1.54, 1.807) is 7.11 Å². The molecule has 1 unspecified atom stereocenters. The number of hydrogen-bond acceptors (Lipinski definition) is 3. The fourth-order valence-electron chi connectivity index (χ4n) is 1.31. The average molecular weight is 182 g/mol. The minimum absolute atomic E-state index is 0. The molecule has 1 saturated heterocycles. The van der Waals surface area contributed by atoms with E-state index < -0.39 is 0 Å². The van der Waals surface area contributed by atoms with Crippen LogP contribution in [-0.2, 0) is 4.74 Å². The van der Waals surface area contributed by atoms with Gasteiger partial charge in [0, 0.05) is 13.7 Å². The maximum atomic E-state index is 8.98. The second kappa shape index (κ2) is 4.93. The normalized spacial score (nSPS) is 31.1. The van der Waals surface area contributed by atoms with E-state index in [1.165, 1.54) is 0 Å². The van der Waals surface area contributed by atoms with Crippen LogP contribution in [0.5, 0.6) is 0 Å². The fraction of sp³-hybridized carbons (Fsp3) is 1.00. The summed E-state index contributed by atoms with van der Waals surface area (Å²) in [6.45, 7) is 1.95. The Hall–Kier alpha value is 0.170. The van der Waals surface area contributed by atoms with Gasteiger partial charge in [0.15, 0.2) is 0 Å². The van der Waals surface area contributed by atoms with Crippen molar-refractivity contribution in [2.75, 3.05) is 26.8 Å². The van der Waals surface area contributed by atoms with Crippen LogP contribution >= 0.6 is 12.4 Å². The molecule has 0 saturated carbocycles. The Balaban J connectivity index is 0.000001000. The molecule has 2 N–H and O–H groups in total. The van der Waals surface area contributed by atoms with Crippen LogP contribution in [-0.4, -0.2) is 37.5 Å². The minimum atomic E-state index is -0.293. The molecule has 11 heavy (non-hydrogen) atoms. The molecule has 1 fully saturated rings. The zero-order valence-corrected chi connectivity index (χ0v) is 7.62. The molecular weight excluding hydrogens is 166 g/mol. The molecule has 0 aromatic rings. The maximum Gasteiger partial charge on any atom is 0.103 e. The van der Waals surface area contributed by atoms with E-state index in [2.05, 4.69) is 5.32 Å². The highest BCUT2D eigenvalue weighted by molar-refractivity contribution is 5.85. The second-order valence-electron chi connectivity index (χ2n) is 2.83. The Kier molecular flexibility index (Phi) is 5.01. The highest BCUT2D eigenvalue weighted by Crippen LogP contribution is 2.18. The van der Waals surface area contributed by atoms with E-state index >= 15 is 0 Å². The molecule has 0 bridgehead atoms. The van der Waals surface area contributed by atoms with Gasteiger partial charge in [-0.1, -0.05) is 0 Å². The molecule has 1 heterocycles. The summed E-state index contributed by atoms with van der Waals surface area (Å²) in [4.78, 5) is 0. The van der Waals surface area contributed by atoms with E-state index in [-0.39, 0.29) is 24.6 Å². The van der Waals surface area contributed by atoms with Crippen molar-refractivity contribution in [3.63, 3.8) is 0 Å². The van der Waals surface area contributed by atoms with Crippen LogP contribution in [0.2, 0.25) is 0 Å². The molecule has 0 aromatic heterocycles. The van der Waals surface area contributed by atoms with Crippen LogP contribution in [0, 0.1) is 0 Å². The zero-order valence-electron chi connectivity index (χ0n) is 6.80. The minimum Gasteiger partial charge on any atom is -0.393 e. The van der Waals surface area contributed by atoms with Crippen LogP contribution in [0.1, 0.15) is 12.8 Å². The van der Waals surface area contributed by atoms with Crippen LogP contribution < -0.4 is 5.32 Å². The van der Waals surface area contributed by atoms with Gasteiger partial charge in [-0.15, -0.1) is 12.4 Å². The summed E-state index contributed by atoms with van der Waals surface area (Å²) in [6.07, 6.45) is 2.06. The van der Waals surface area contributed by atoms with Gasteiger partial charge in [-0.3, -0.25) is 0 Å². The highest BCUT2D eigenvalue weighted by atomic mass is 35.5. The van der Waals surface area contributed by atoms with Crippen molar-refractivity contribution in [1.82, 2.24) is 5.32 Å². The largest absolute Gasteiger partial charge is 0.393 e. The van der Waals surface area contributed by atoms with Crippen LogP contribution in [0.4, 0.5) is 0 Å². The highest BCUT2D eigenvalue weighted by Gasteiger charge is 2.30. The summed E-state index contributed by atoms with van der Waals surface area (Å²) in [7, 11) is 1.66. The number of aliphatic hydroxyl groups is 1. The van der Waals surface area contributed by atoms with Gasteiger partial charge >= 0.3 is 0 Å². The molecule has 1 rings (SSSR count). The van der Waals surface area contributed by atoms with Crippen molar-refractivity contribution in [3.8, 4) is 0 Å². The van der Waals surface area contributed by atoms with Gasteiger partial charge in [0.05, 0.1) is 6.61 Å². The fourth-order valence-corrected chi connectivity index (χ4v) is 1.31. The lowest BCUT2D eigenvalue weighted by Gasteiger charge is -2.34. The summed E-state index contributed by atoms with van der Waals surface area (Å²) < 4.78 is 5.22. The third kappa shape index (κ3) is 2.60. The molecule has 0 amide bonds. The van der Waals surface area contributed by atoms with Crippen molar-refractivity contribution >= 4 is 12.4 Å². The van der Waals surface area contributed by atoms with Crippen molar-refractivity contribution < 1.29 is 9.84 Å². The molecule has 1 aliphatic rings. The van der Waals surface area contributed by atoms with E-state index in [0.29, 0.717) is 0 Å². The summed E-state index contributed by atoms with van der Waals surface area (Å²) in [5.74, 6) is 0. The topological polar surface area (TPSA) is 41.5 Å². The Morgan fingerprint density at radius 1 is 1.64 bits per heavy atom. The van der Waals surface area contributed by atoms with Crippen LogP contribution in [0.25, 0.3) is 0 Å². The summed E-state index contributed by atoms with van der Waals surface area (Å²) in [6, 6.07) is 0. The molecule has 0 aromatic carbocycles. The molecular formula is C7H16ClNO2. The molecule has 1 aliphatic heterocycles. The number of nitrogens with one attached hydrogen (secondary N) is 1. The molecule has 0 spiro atoms. The molecule has 0 aliphatic carbocycles. The average Bonchev–Trinajstić information content (AvgIpc) is 2.06. The van der Waals surface area contributed by atoms with E-state index in [9.17, 15) is 0 Å². The number of ether oxygens (including phenoxy) is 1. The predicted molar refractivity (Wildman–Crippen MR) is 46.2 cm³/mol. The third-order valence-corrected chi connectivity index (χ3v) is 2.15. The number of halogens is 1. The number of aliphatic hydroxyl groups excluding tert-OH is 1. The lowest BCUT2D eigenvalue weighted by Crippen LogP contribution is -2.49. The summed E-state index contributed by atoms with van der Waals surface area (Å²) in [5.41, 5.74) is -0.293. The first-order valence-corrected chi connectivity index (χ1v) is 3.70. The van der Waals surface area contributed by atoms with Crippen LogP contribution in [0.3, 0.4) is 0 Å². The lowest BCUT2D eigenvalue weighted by molar-refractivity contribution is -0.0656. The summed E-state index contributed by atoms with van der Waals surface area (Å²) >= 11 is 0. The van der Waals surface area contributed by atoms with Crippen molar-refractivity contribution in [2.45, 2.75) is 18.4 Å². The molecule has 1 atom stereocenters. The number of rotatable bonds is 2. The van der Waals surface area contributed by atoms with Gasteiger partial charge in [0.25, 0.3) is 0 Å². The molecule has 3 nitrogen and oxygen atoms in total. The van der Waals surface area contributed by atoms with Crippen molar-refractivity contribution in [2.24, 2.45) is 0 Å². The van der Waals surface area contributed by atoms with Gasteiger partial charge < -0.3 is 15.2 Å². The Bertz CT molecular complexity index is 98.6.